The number of nitrogens with zero attached hydrogens (tertiary/aromatic N) is 2. The Labute approximate surface area is 167 Å². The molecular weight excluding hydrogens is 374 g/mol. The van der Waals surface area contributed by atoms with Crippen LogP contribution in [0.15, 0.2) is 64.0 Å². The average molecular weight is 395 g/mol. The van der Waals surface area contributed by atoms with Gasteiger partial charge < -0.3 is 14.5 Å². The number of para-hydroxylation sites is 1. The van der Waals surface area contributed by atoms with Crippen molar-refractivity contribution in [2.75, 3.05) is 11.9 Å². The Kier molecular flexibility index (Phi) is 6.57. The molecule has 29 heavy (non-hydrogen) atoms. The zero-order valence-electron chi connectivity index (χ0n) is 16.0. The maximum Gasteiger partial charge on any atom is 0.340 e. The number of esters is 1. The first-order valence-corrected chi connectivity index (χ1v) is 9.26. The summed E-state index contributed by atoms with van der Waals surface area (Å²) in [6.45, 7) is 2.25. The summed E-state index contributed by atoms with van der Waals surface area (Å²) in [5, 5.41) is 6.99. The molecule has 0 bridgehead atoms. The van der Waals surface area contributed by atoms with Gasteiger partial charge in [0.1, 0.15) is 5.69 Å². The molecule has 1 aromatic carbocycles. The summed E-state index contributed by atoms with van der Waals surface area (Å²) in [5.74, 6) is -0.196. The standard InChI is InChI=1S/C21H21N3O5/c1-2-28-21(27)15-7-3-4-8-16(15)22-19(25)10-5-13-24-20(26)12-11-17(23-24)18-9-6-14-29-18/h3-4,6-9,11-12,14H,2,5,10,13H2,1H3,(H,22,25). The van der Waals surface area contributed by atoms with Crippen LogP contribution in [-0.4, -0.2) is 28.3 Å². The number of carbonyl (C=O) groups is 2. The number of amides is 1. The molecule has 1 N–H and O–H groups in total. The lowest BCUT2D eigenvalue weighted by Gasteiger charge is -2.10. The molecule has 0 saturated heterocycles. The molecule has 0 aliphatic rings. The number of carbonyl (C=O) groups excluding carboxylic acids is 2. The van der Waals surface area contributed by atoms with Crippen molar-refractivity contribution >= 4 is 17.6 Å². The summed E-state index contributed by atoms with van der Waals surface area (Å²) in [6, 6.07) is 13.2. The molecule has 150 valence electrons. The summed E-state index contributed by atoms with van der Waals surface area (Å²) in [7, 11) is 0. The number of anilines is 1. The zero-order valence-corrected chi connectivity index (χ0v) is 16.0. The van der Waals surface area contributed by atoms with E-state index in [1.165, 1.54) is 17.0 Å². The van der Waals surface area contributed by atoms with E-state index in [0.29, 0.717) is 29.1 Å². The van der Waals surface area contributed by atoms with Crippen molar-refractivity contribution in [3.05, 3.63) is 70.7 Å². The third kappa shape index (κ3) is 5.19. The highest BCUT2D eigenvalue weighted by molar-refractivity contribution is 6.01. The maximum absolute atomic E-state index is 12.3. The predicted octanol–water partition coefficient (Wildman–Crippen LogP) is 3.10. The third-order valence-electron chi connectivity index (χ3n) is 4.11. The van der Waals surface area contributed by atoms with E-state index in [1.54, 1.807) is 49.4 Å². The van der Waals surface area contributed by atoms with Crippen LogP contribution in [0.3, 0.4) is 0 Å². The van der Waals surface area contributed by atoms with Crippen LogP contribution >= 0.6 is 0 Å². The van der Waals surface area contributed by atoms with Gasteiger partial charge in [-0.05, 0) is 43.7 Å². The molecule has 3 aromatic rings. The first-order valence-electron chi connectivity index (χ1n) is 9.26. The van der Waals surface area contributed by atoms with Gasteiger partial charge in [0.15, 0.2) is 5.76 Å². The van der Waals surface area contributed by atoms with Crippen LogP contribution < -0.4 is 10.9 Å². The van der Waals surface area contributed by atoms with Gasteiger partial charge in [0.2, 0.25) is 5.91 Å². The first-order chi connectivity index (χ1) is 14.1. The van der Waals surface area contributed by atoms with E-state index < -0.39 is 5.97 Å². The minimum atomic E-state index is -0.492. The summed E-state index contributed by atoms with van der Waals surface area (Å²) < 4.78 is 11.6. The molecule has 1 amide bonds. The van der Waals surface area contributed by atoms with E-state index in [1.807, 2.05) is 0 Å². The Morgan fingerprint density at radius 3 is 2.72 bits per heavy atom. The van der Waals surface area contributed by atoms with E-state index in [0.717, 1.165) is 0 Å². The number of hydrogen-bond acceptors (Lipinski definition) is 6. The summed E-state index contributed by atoms with van der Waals surface area (Å²) in [4.78, 5) is 36.3. The van der Waals surface area contributed by atoms with Crippen LogP contribution in [-0.2, 0) is 16.1 Å². The Bertz CT molecular complexity index is 1040. The number of benzene rings is 1. The van der Waals surface area contributed by atoms with E-state index in [2.05, 4.69) is 10.4 Å². The van der Waals surface area contributed by atoms with Crippen molar-refractivity contribution in [1.29, 1.82) is 0 Å². The van der Waals surface area contributed by atoms with E-state index in [4.69, 9.17) is 9.15 Å². The molecule has 2 heterocycles. The van der Waals surface area contributed by atoms with Crippen molar-refractivity contribution in [3.63, 3.8) is 0 Å². The number of ether oxygens (including phenoxy) is 1. The topological polar surface area (TPSA) is 103 Å². The highest BCUT2D eigenvalue weighted by atomic mass is 16.5. The van der Waals surface area contributed by atoms with E-state index in [9.17, 15) is 14.4 Å². The van der Waals surface area contributed by atoms with Gasteiger partial charge in [0, 0.05) is 19.0 Å². The SMILES string of the molecule is CCOC(=O)c1ccccc1NC(=O)CCCn1nc(-c2ccco2)ccc1=O. The largest absolute Gasteiger partial charge is 0.463 e. The highest BCUT2D eigenvalue weighted by Gasteiger charge is 2.14. The van der Waals surface area contributed by atoms with Gasteiger partial charge in [-0.3, -0.25) is 9.59 Å². The second-order valence-electron chi connectivity index (χ2n) is 6.18. The maximum atomic E-state index is 12.3. The molecule has 0 aliphatic carbocycles. The van der Waals surface area contributed by atoms with Crippen molar-refractivity contribution < 1.29 is 18.7 Å². The van der Waals surface area contributed by atoms with Gasteiger partial charge in [-0.15, -0.1) is 0 Å². The Balaban J connectivity index is 1.59. The molecule has 0 fully saturated rings. The van der Waals surface area contributed by atoms with Crippen molar-refractivity contribution in [2.45, 2.75) is 26.3 Å². The Morgan fingerprint density at radius 2 is 1.97 bits per heavy atom. The molecule has 0 spiro atoms. The van der Waals surface area contributed by atoms with Crippen LogP contribution in [0.2, 0.25) is 0 Å². The third-order valence-corrected chi connectivity index (χ3v) is 4.11. The molecule has 8 heteroatoms. The number of nitrogens with one attached hydrogen (secondary N) is 1. The fourth-order valence-electron chi connectivity index (χ4n) is 2.75. The monoisotopic (exact) mass is 395 g/mol. The second-order valence-corrected chi connectivity index (χ2v) is 6.18. The number of rotatable bonds is 8. The number of furan rings is 1. The summed E-state index contributed by atoms with van der Waals surface area (Å²) in [5.41, 5.74) is 0.980. The quantitative estimate of drug-likeness (QED) is 0.588. The lowest BCUT2D eigenvalue weighted by Crippen LogP contribution is -2.23. The summed E-state index contributed by atoms with van der Waals surface area (Å²) in [6.07, 6.45) is 2.10. The predicted molar refractivity (Wildman–Crippen MR) is 106 cm³/mol. The highest BCUT2D eigenvalue weighted by Crippen LogP contribution is 2.17. The van der Waals surface area contributed by atoms with Crippen molar-refractivity contribution in [1.82, 2.24) is 9.78 Å². The zero-order chi connectivity index (χ0) is 20.6. The normalized spacial score (nSPS) is 10.5. The number of aryl methyl sites for hydroxylation is 1. The number of hydrogen-bond donors (Lipinski definition) is 1. The Morgan fingerprint density at radius 1 is 1.14 bits per heavy atom. The van der Waals surface area contributed by atoms with Gasteiger partial charge in [-0.25, -0.2) is 9.48 Å². The fraction of sp³-hybridized carbons (Fsp3) is 0.238. The van der Waals surface area contributed by atoms with Crippen LogP contribution in [0.5, 0.6) is 0 Å². The van der Waals surface area contributed by atoms with E-state index in [-0.39, 0.29) is 31.0 Å². The van der Waals surface area contributed by atoms with Crippen molar-refractivity contribution in [3.8, 4) is 11.5 Å². The molecule has 2 aromatic heterocycles. The first kappa shape index (κ1) is 20.1. The molecule has 0 aliphatic heterocycles. The Hall–Kier alpha value is -3.68. The minimum absolute atomic E-state index is 0.163. The molecular formula is C21H21N3O5. The lowest BCUT2D eigenvalue weighted by atomic mass is 10.1. The second kappa shape index (κ2) is 9.50. The van der Waals surface area contributed by atoms with Gasteiger partial charge in [-0.2, -0.15) is 5.10 Å². The number of aromatic nitrogens is 2. The molecule has 0 saturated carbocycles. The summed E-state index contributed by atoms with van der Waals surface area (Å²) >= 11 is 0. The smallest absolute Gasteiger partial charge is 0.340 e. The van der Waals surface area contributed by atoms with Gasteiger partial charge in [0.05, 0.1) is 24.1 Å². The molecule has 0 atom stereocenters. The van der Waals surface area contributed by atoms with Crippen LogP contribution in [0, 0.1) is 0 Å². The van der Waals surface area contributed by atoms with Gasteiger partial charge >= 0.3 is 5.97 Å². The lowest BCUT2D eigenvalue weighted by molar-refractivity contribution is -0.116. The fourth-order valence-corrected chi connectivity index (χ4v) is 2.75. The van der Waals surface area contributed by atoms with Gasteiger partial charge in [-0.1, -0.05) is 12.1 Å². The molecule has 8 nitrogen and oxygen atoms in total. The molecule has 0 radical (unpaired) electrons. The van der Waals surface area contributed by atoms with Crippen LogP contribution in [0.4, 0.5) is 5.69 Å². The van der Waals surface area contributed by atoms with Gasteiger partial charge in [0.25, 0.3) is 5.56 Å². The van der Waals surface area contributed by atoms with Crippen LogP contribution in [0.1, 0.15) is 30.1 Å². The van der Waals surface area contributed by atoms with Crippen molar-refractivity contribution in [2.24, 2.45) is 0 Å². The molecule has 0 unspecified atom stereocenters. The average Bonchev–Trinajstić information content (AvgIpc) is 3.25. The van der Waals surface area contributed by atoms with E-state index >= 15 is 0 Å². The molecule has 3 rings (SSSR count). The van der Waals surface area contributed by atoms with Crippen LogP contribution in [0.25, 0.3) is 11.5 Å². The minimum Gasteiger partial charge on any atom is -0.463 e.